The van der Waals surface area contributed by atoms with Gasteiger partial charge in [0.25, 0.3) is 0 Å². The van der Waals surface area contributed by atoms with Gasteiger partial charge in [-0.1, -0.05) is 110 Å². The summed E-state index contributed by atoms with van der Waals surface area (Å²) in [6.45, 7) is 10.0. The Labute approximate surface area is 283 Å². The first-order chi connectivity index (χ1) is 23.6. The molecule has 0 aromatic heterocycles. The molecule has 250 valence electrons. The number of nitrogens with zero attached hydrogens (tertiary/aromatic N) is 2. The van der Waals surface area contributed by atoms with Crippen molar-refractivity contribution >= 4 is 6.09 Å². The summed E-state index contributed by atoms with van der Waals surface area (Å²) in [5.74, 6) is 0. The van der Waals surface area contributed by atoms with E-state index in [1.54, 1.807) is 0 Å². The second-order valence-corrected chi connectivity index (χ2v) is 12.5. The van der Waals surface area contributed by atoms with Gasteiger partial charge in [0.15, 0.2) is 6.29 Å². The van der Waals surface area contributed by atoms with Gasteiger partial charge in [0.1, 0.15) is 6.61 Å². The molecule has 2 aliphatic heterocycles. The van der Waals surface area contributed by atoms with E-state index in [0.717, 1.165) is 79.1 Å². The average Bonchev–Trinajstić information content (AvgIpc) is 3.14. The fourth-order valence-corrected chi connectivity index (χ4v) is 6.35. The van der Waals surface area contributed by atoms with Crippen molar-refractivity contribution in [1.29, 1.82) is 0 Å². The lowest BCUT2D eigenvalue weighted by molar-refractivity contribution is -0.253. The number of nitrogens with one attached hydrogen (secondary N) is 1. The Morgan fingerprint density at radius 3 is 2.25 bits per heavy atom. The van der Waals surface area contributed by atoms with Gasteiger partial charge in [0.2, 0.25) is 0 Å². The third-order valence-electron chi connectivity index (χ3n) is 9.00. The number of alkyl carbamates (subject to hydrolysis) is 1. The molecule has 2 heterocycles. The summed E-state index contributed by atoms with van der Waals surface area (Å²) in [7, 11) is 0. The third kappa shape index (κ3) is 9.18. The number of carbonyl (C=O) groups excluding carboxylic acids is 1. The fourth-order valence-electron chi connectivity index (χ4n) is 6.35. The minimum Gasteiger partial charge on any atom is -0.445 e. The fraction of sp³-hybridized carbons (Fsp3) is 0.325. The Morgan fingerprint density at radius 1 is 0.812 bits per heavy atom. The highest BCUT2D eigenvalue weighted by Crippen LogP contribution is 2.38. The maximum Gasteiger partial charge on any atom is 0.407 e. The van der Waals surface area contributed by atoms with Gasteiger partial charge in [-0.25, -0.2) is 4.79 Å². The van der Waals surface area contributed by atoms with Crippen molar-refractivity contribution in [1.82, 2.24) is 15.1 Å². The van der Waals surface area contributed by atoms with Crippen molar-refractivity contribution in [2.75, 3.05) is 39.3 Å². The summed E-state index contributed by atoms with van der Waals surface area (Å²) in [6, 6.07) is 35.2. The van der Waals surface area contributed by atoms with E-state index >= 15 is 0 Å². The molecule has 2 fully saturated rings. The first-order valence-electron chi connectivity index (χ1n) is 16.8. The molecule has 48 heavy (non-hydrogen) atoms. The Bertz CT molecular complexity index is 1600. The van der Waals surface area contributed by atoms with E-state index in [2.05, 4.69) is 101 Å². The third-order valence-corrected chi connectivity index (χ3v) is 9.00. The summed E-state index contributed by atoms with van der Waals surface area (Å²) in [6.07, 6.45) is 1.22. The van der Waals surface area contributed by atoms with Crippen LogP contribution in [-0.4, -0.2) is 66.4 Å². The van der Waals surface area contributed by atoms with Gasteiger partial charge in [-0.05, 0) is 39.4 Å². The highest BCUT2D eigenvalue weighted by Gasteiger charge is 2.33. The van der Waals surface area contributed by atoms with E-state index in [1.165, 1.54) is 11.6 Å². The Balaban J connectivity index is 1.11. The smallest absolute Gasteiger partial charge is 0.407 e. The Kier molecular flexibility index (Phi) is 11.7. The number of piperazine rings is 1. The summed E-state index contributed by atoms with van der Waals surface area (Å²) >= 11 is 0. The lowest BCUT2D eigenvalue weighted by atomic mass is 9.98. The van der Waals surface area contributed by atoms with Gasteiger partial charge in [-0.15, -0.1) is 0 Å². The first-order valence-corrected chi connectivity index (χ1v) is 16.8. The van der Waals surface area contributed by atoms with Crippen molar-refractivity contribution in [2.45, 2.75) is 44.6 Å². The van der Waals surface area contributed by atoms with Crippen LogP contribution in [0.1, 0.15) is 46.6 Å². The number of ether oxygens (including phenoxy) is 3. The number of benzene rings is 4. The summed E-state index contributed by atoms with van der Waals surface area (Å²) in [4.78, 5) is 16.9. The van der Waals surface area contributed by atoms with Gasteiger partial charge < -0.3 is 24.6 Å². The summed E-state index contributed by atoms with van der Waals surface area (Å²) < 4.78 is 18.3. The van der Waals surface area contributed by atoms with Crippen molar-refractivity contribution in [3.8, 4) is 11.1 Å². The monoisotopic (exact) mass is 647 g/mol. The van der Waals surface area contributed by atoms with Crippen LogP contribution in [-0.2, 0) is 33.9 Å². The van der Waals surface area contributed by atoms with Gasteiger partial charge in [-0.3, -0.25) is 9.80 Å². The summed E-state index contributed by atoms with van der Waals surface area (Å²) in [5.41, 5.74) is 7.39. The molecular formula is C40H45N3O5. The maximum atomic E-state index is 11.9. The molecule has 6 rings (SSSR count). The Morgan fingerprint density at radius 2 is 1.52 bits per heavy atom. The standard InChI is InChI=1S/C40H45N3O5/c1-2-23-46-40(45)41-26-32-9-6-10-36(24-32)33-15-17-35(18-16-33)39-47-37(25-38(48-39)34-13-11-31(29-44)12-14-34)28-43-21-19-42(20-22-43)27-30-7-4-3-5-8-30/h2-18,24,37-39,44H,1,19-23,25-29H2,(H,41,45)/t37-,38+,39+/m0/s1. The molecule has 0 aliphatic carbocycles. The number of carbonyl (C=O) groups is 1. The SMILES string of the molecule is C=CCOC(=O)NCc1cccc(-c2ccc([C@@H]3O[C@H](CN4CCN(Cc5ccccc5)CC4)C[C@H](c4ccc(CO)cc4)O3)cc2)c1. The van der Waals surface area contributed by atoms with Gasteiger partial charge in [0, 0.05) is 57.8 Å². The lowest BCUT2D eigenvalue weighted by Gasteiger charge is -2.40. The molecule has 0 radical (unpaired) electrons. The second-order valence-electron chi connectivity index (χ2n) is 12.5. The lowest BCUT2D eigenvalue weighted by Crippen LogP contribution is -2.49. The van der Waals surface area contributed by atoms with Crippen LogP contribution in [0.15, 0.2) is 116 Å². The molecule has 8 nitrogen and oxygen atoms in total. The molecule has 1 amide bonds. The number of aliphatic hydroxyl groups is 1. The molecule has 0 saturated carbocycles. The number of amides is 1. The van der Waals surface area contributed by atoms with Crippen LogP contribution in [0.4, 0.5) is 4.79 Å². The van der Waals surface area contributed by atoms with Gasteiger partial charge in [-0.2, -0.15) is 0 Å². The highest BCUT2D eigenvalue weighted by atomic mass is 16.7. The zero-order valence-electron chi connectivity index (χ0n) is 27.4. The minimum absolute atomic E-state index is 0.00831. The molecule has 2 saturated heterocycles. The van der Waals surface area contributed by atoms with Crippen LogP contribution in [0.5, 0.6) is 0 Å². The topological polar surface area (TPSA) is 83.5 Å². The van der Waals surface area contributed by atoms with Crippen molar-refractivity contribution in [2.24, 2.45) is 0 Å². The van der Waals surface area contributed by atoms with E-state index in [0.29, 0.717) is 6.54 Å². The quantitative estimate of drug-likeness (QED) is 0.167. The molecule has 0 unspecified atom stereocenters. The van der Waals surface area contributed by atoms with Crippen LogP contribution >= 0.6 is 0 Å². The highest BCUT2D eigenvalue weighted by molar-refractivity contribution is 5.68. The van der Waals surface area contributed by atoms with Crippen LogP contribution < -0.4 is 5.32 Å². The predicted molar refractivity (Wildman–Crippen MR) is 187 cm³/mol. The number of rotatable bonds is 12. The largest absolute Gasteiger partial charge is 0.445 e. The second kappa shape index (κ2) is 16.7. The molecule has 8 heteroatoms. The number of hydrogen-bond donors (Lipinski definition) is 2. The number of aliphatic hydroxyl groups excluding tert-OH is 1. The van der Waals surface area contributed by atoms with E-state index in [4.69, 9.17) is 14.2 Å². The zero-order valence-corrected chi connectivity index (χ0v) is 27.4. The van der Waals surface area contributed by atoms with Crippen LogP contribution in [0.2, 0.25) is 0 Å². The van der Waals surface area contributed by atoms with Crippen LogP contribution in [0.3, 0.4) is 0 Å². The predicted octanol–water partition coefficient (Wildman–Crippen LogP) is 6.62. The van der Waals surface area contributed by atoms with Gasteiger partial charge in [0.05, 0.1) is 18.8 Å². The molecular weight excluding hydrogens is 602 g/mol. The molecule has 0 spiro atoms. The van der Waals surface area contributed by atoms with E-state index < -0.39 is 12.4 Å². The van der Waals surface area contributed by atoms with E-state index in [-0.39, 0.29) is 25.4 Å². The minimum atomic E-state index is -0.503. The van der Waals surface area contributed by atoms with Crippen LogP contribution in [0.25, 0.3) is 11.1 Å². The molecule has 2 aliphatic rings. The van der Waals surface area contributed by atoms with Crippen molar-refractivity contribution in [3.05, 3.63) is 144 Å². The molecule has 4 aromatic rings. The molecule has 0 bridgehead atoms. The molecule has 4 aromatic carbocycles. The zero-order chi connectivity index (χ0) is 33.1. The van der Waals surface area contributed by atoms with E-state index in [1.807, 2.05) is 24.3 Å². The van der Waals surface area contributed by atoms with Crippen molar-refractivity contribution in [3.63, 3.8) is 0 Å². The van der Waals surface area contributed by atoms with Crippen LogP contribution in [0, 0.1) is 0 Å². The average molecular weight is 648 g/mol. The van der Waals surface area contributed by atoms with Crippen molar-refractivity contribution < 1.29 is 24.1 Å². The van der Waals surface area contributed by atoms with Gasteiger partial charge >= 0.3 is 6.09 Å². The maximum absolute atomic E-state index is 11.9. The first kappa shape index (κ1) is 33.6. The summed E-state index contributed by atoms with van der Waals surface area (Å²) in [5, 5.41) is 12.3. The molecule has 2 N–H and O–H groups in total. The normalized spacial score (nSPS) is 20.2. The Hall–Kier alpha value is -4.31. The number of hydrogen-bond acceptors (Lipinski definition) is 7. The van der Waals surface area contributed by atoms with E-state index in [9.17, 15) is 9.90 Å². The molecule has 3 atom stereocenters.